The average Bonchev–Trinajstić information content (AvgIpc) is 2.49. The van der Waals surface area contributed by atoms with Gasteiger partial charge in [-0.15, -0.1) is 0 Å². The van der Waals surface area contributed by atoms with Crippen LogP contribution in [0.15, 0.2) is 4.52 Å². The number of aliphatic hydroxyl groups excluding tert-OH is 1. The largest absolute Gasteiger partial charge is 0.392 e. The topological polar surface area (TPSA) is 62.4 Å². The second-order valence-corrected chi connectivity index (χ2v) is 4.11. The second-order valence-electron chi connectivity index (χ2n) is 4.11. The van der Waals surface area contributed by atoms with Crippen LogP contribution < -0.4 is 0 Å². The molecule has 0 bridgehead atoms. The van der Waals surface area contributed by atoms with Gasteiger partial charge >= 0.3 is 0 Å². The molecule has 86 valence electrons. The maximum atomic E-state index is 9.35. The first-order valence-electron chi connectivity index (χ1n) is 5.20. The van der Waals surface area contributed by atoms with E-state index in [1.807, 2.05) is 0 Å². The third-order valence-electron chi connectivity index (χ3n) is 2.14. The molecule has 0 radical (unpaired) electrons. The first-order valence-corrected chi connectivity index (χ1v) is 5.20. The standard InChI is InChI=1S/C10H19N3O2/c1-7(2)13(5-8(3)14)6-10-11-9(4)12-15-10/h7-8,14H,5-6H2,1-4H3. The van der Waals surface area contributed by atoms with Gasteiger partial charge in [-0.3, -0.25) is 4.90 Å². The van der Waals surface area contributed by atoms with Crippen LogP contribution in [0.2, 0.25) is 0 Å². The Balaban J connectivity index is 2.58. The van der Waals surface area contributed by atoms with Crippen molar-refractivity contribution >= 4 is 0 Å². The molecule has 15 heavy (non-hydrogen) atoms. The third kappa shape index (κ3) is 3.97. The molecule has 0 aliphatic carbocycles. The predicted molar refractivity (Wildman–Crippen MR) is 56.3 cm³/mol. The number of nitrogens with zero attached hydrogens (tertiary/aromatic N) is 3. The Hall–Kier alpha value is -0.940. The van der Waals surface area contributed by atoms with Crippen LogP contribution in [0.25, 0.3) is 0 Å². The number of aryl methyl sites for hydroxylation is 1. The van der Waals surface area contributed by atoms with Crippen LogP contribution in [-0.2, 0) is 6.54 Å². The summed E-state index contributed by atoms with van der Waals surface area (Å²) in [5.41, 5.74) is 0. The van der Waals surface area contributed by atoms with Crippen molar-refractivity contribution in [1.82, 2.24) is 15.0 Å². The maximum Gasteiger partial charge on any atom is 0.240 e. The van der Waals surface area contributed by atoms with Crippen molar-refractivity contribution in [3.8, 4) is 0 Å². The molecule has 1 aromatic heterocycles. The van der Waals surface area contributed by atoms with Crippen molar-refractivity contribution < 1.29 is 9.63 Å². The van der Waals surface area contributed by atoms with Crippen LogP contribution in [0, 0.1) is 6.92 Å². The molecule has 0 fully saturated rings. The lowest BCUT2D eigenvalue weighted by Gasteiger charge is -2.25. The molecular weight excluding hydrogens is 194 g/mol. The number of hydrogen-bond donors (Lipinski definition) is 1. The zero-order valence-electron chi connectivity index (χ0n) is 9.77. The summed E-state index contributed by atoms with van der Waals surface area (Å²) in [5.74, 6) is 1.24. The van der Waals surface area contributed by atoms with Crippen LogP contribution in [0.4, 0.5) is 0 Å². The van der Waals surface area contributed by atoms with Crippen LogP contribution in [-0.4, -0.2) is 38.8 Å². The van der Waals surface area contributed by atoms with E-state index < -0.39 is 0 Å². The molecule has 0 aliphatic rings. The molecule has 0 aromatic carbocycles. The number of aliphatic hydroxyl groups is 1. The molecule has 0 saturated heterocycles. The van der Waals surface area contributed by atoms with E-state index in [2.05, 4.69) is 28.9 Å². The average molecular weight is 213 g/mol. The minimum atomic E-state index is -0.351. The summed E-state index contributed by atoms with van der Waals surface area (Å²) in [7, 11) is 0. The van der Waals surface area contributed by atoms with Crippen LogP contribution >= 0.6 is 0 Å². The molecule has 1 aromatic rings. The van der Waals surface area contributed by atoms with Gasteiger partial charge in [0.15, 0.2) is 5.82 Å². The summed E-state index contributed by atoms with van der Waals surface area (Å²) in [6.07, 6.45) is -0.351. The zero-order valence-corrected chi connectivity index (χ0v) is 9.77. The molecule has 0 amide bonds. The third-order valence-corrected chi connectivity index (χ3v) is 2.14. The highest BCUT2D eigenvalue weighted by atomic mass is 16.5. The number of aromatic nitrogens is 2. The molecule has 1 unspecified atom stereocenters. The molecule has 1 heterocycles. The Morgan fingerprint density at radius 3 is 2.47 bits per heavy atom. The molecule has 0 spiro atoms. The van der Waals surface area contributed by atoms with Crippen LogP contribution in [0.1, 0.15) is 32.5 Å². The zero-order chi connectivity index (χ0) is 11.4. The van der Waals surface area contributed by atoms with Crippen LogP contribution in [0.5, 0.6) is 0 Å². The van der Waals surface area contributed by atoms with E-state index in [1.165, 1.54) is 0 Å². The summed E-state index contributed by atoms with van der Waals surface area (Å²) < 4.78 is 5.04. The fraction of sp³-hybridized carbons (Fsp3) is 0.800. The lowest BCUT2D eigenvalue weighted by atomic mass is 10.2. The molecular formula is C10H19N3O2. The number of rotatable bonds is 5. The van der Waals surface area contributed by atoms with E-state index in [0.29, 0.717) is 30.8 Å². The molecule has 5 nitrogen and oxygen atoms in total. The van der Waals surface area contributed by atoms with E-state index >= 15 is 0 Å². The normalized spacial score (nSPS) is 13.8. The smallest absolute Gasteiger partial charge is 0.240 e. The van der Waals surface area contributed by atoms with Gasteiger partial charge in [-0.1, -0.05) is 5.16 Å². The minimum absolute atomic E-state index is 0.340. The van der Waals surface area contributed by atoms with Gasteiger partial charge in [-0.2, -0.15) is 4.98 Å². The number of hydrogen-bond acceptors (Lipinski definition) is 5. The summed E-state index contributed by atoms with van der Waals surface area (Å²) in [5, 5.41) is 13.1. The van der Waals surface area contributed by atoms with Gasteiger partial charge in [0.1, 0.15) is 0 Å². The van der Waals surface area contributed by atoms with Gasteiger partial charge in [-0.05, 0) is 27.7 Å². The second kappa shape index (κ2) is 5.23. The Morgan fingerprint density at radius 1 is 1.40 bits per heavy atom. The highest BCUT2D eigenvalue weighted by molar-refractivity contribution is 4.83. The molecule has 1 atom stereocenters. The lowest BCUT2D eigenvalue weighted by molar-refractivity contribution is 0.0943. The molecule has 0 saturated carbocycles. The summed E-state index contributed by atoms with van der Waals surface area (Å²) >= 11 is 0. The van der Waals surface area contributed by atoms with E-state index in [0.717, 1.165) is 0 Å². The van der Waals surface area contributed by atoms with E-state index in [9.17, 15) is 5.11 Å². The fourth-order valence-electron chi connectivity index (χ4n) is 1.38. The van der Waals surface area contributed by atoms with Gasteiger partial charge in [-0.25, -0.2) is 0 Å². The summed E-state index contributed by atoms with van der Waals surface area (Å²) in [6.45, 7) is 8.91. The quantitative estimate of drug-likeness (QED) is 0.789. The molecule has 0 aliphatic heterocycles. The maximum absolute atomic E-state index is 9.35. The van der Waals surface area contributed by atoms with Crippen LogP contribution in [0.3, 0.4) is 0 Å². The van der Waals surface area contributed by atoms with Crippen molar-refractivity contribution in [2.75, 3.05) is 6.54 Å². The van der Waals surface area contributed by atoms with Gasteiger partial charge < -0.3 is 9.63 Å². The van der Waals surface area contributed by atoms with Crippen molar-refractivity contribution in [3.05, 3.63) is 11.7 Å². The van der Waals surface area contributed by atoms with Gasteiger partial charge in [0.2, 0.25) is 5.89 Å². The van der Waals surface area contributed by atoms with E-state index in [4.69, 9.17) is 4.52 Å². The first-order chi connectivity index (χ1) is 6.99. The van der Waals surface area contributed by atoms with Crippen molar-refractivity contribution in [2.45, 2.75) is 46.4 Å². The SMILES string of the molecule is Cc1noc(CN(CC(C)O)C(C)C)n1. The summed E-state index contributed by atoms with van der Waals surface area (Å²) in [6, 6.07) is 0.340. The predicted octanol–water partition coefficient (Wildman–Crippen LogP) is 0.969. The van der Waals surface area contributed by atoms with Crippen molar-refractivity contribution in [2.24, 2.45) is 0 Å². The van der Waals surface area contributed by atoms with E-state index in [1.54, 1.807) is 13.8 Å². The molecule has 1 N–H and O–H groups in total. The lowest BCUT2D eigenvalue weighted by Crippen LogP contribution is -2.36. The molecule has 1 rings (SSSR count). The molecule has 5 heteroatoms. The Kier molecular flexibility index (Phi) is 4.23. The van der Waals surface area contributed by atoms with E-state index in [-0.39, 0.29) is 6.10 Å². The Bertz CT molecular complexity index is 297. The van der Waals surface area contributed by atoms with Gasteiger partial charge in [0.25, 0.3) is 0 Å². The minimum Gasteiger partial charge on any atom is -0.392 e. The Morgan fingerprint density at radius 2 is 2.07 bits per heavy atom. The highest BCUT2D eigenvalue weighted by Crippen LogP contribution is 2.07. The monoisotopic (exact) mass is 213 g/mol. The van der Waals surface area contributed by atoms with Gasteiger partial charge in [0.05, 0.1) is 12.6 Å². The first kappa shape index (κ1) is 12.1. The van der Waals surface area contributed by atoms with Crippen molar-refractivity contribution in [1.29, 1.82) is 0 Å². The fourth-order valence-corrected chi connectivity index (χ4v) is 1.38. The van der Waals surface area contributed by atoms with Crippen molar-refractivity contribution in [3.63, 3.8) is 0 Å². The Labute approximate surface area is 90.1 Å². The van der Waals surface area contributed by atoms with Gasteiger partial charge in [0, 0.05) is 12.6 Å². The highest BCUT2D eigenvalue weighted by Gasteiger charge is 2.15. The summed E-state index contributed by atoms with van der Waals surface area (Å²) in [4.78, 5) is 6.23.